The van der Waals surface area contributed by atoms with Crippen molar-refractivity contribution in [3.05, 3.63) is 34.7 Å². The highest BCUT2D eigenvalue weighted by Crippen LogP contribution is 2.46. The van der Waals surface area contributed by atoms with Crippen LogP contribution in [0.5, 0.6) is 0 Å². The van der Waals surface area contributed by atoms with E-state index in [0.29, 0.717) is 6.42 Å². The van der Waals surface area contributed by atoms with Gasteiger partial charge in [0.05, 0.1) is 5.69 Å². The quantitative estimate of drug-likeness (QED) is 0.457. The van der Waals surface area contributed by atoms with Crippen LogP contribution < -0.4 is 10.2 Å². The maximum atomic E-state index is 11.8. The molecule has 0 radical (unpaired) electrons. The number of nitrogens with zero attached hydrogens (tertiary/aromatic N) is 3. The number of anilines is 1. The highest BCUT2D eigenvalue weighted by molar-refractivity contribution is 7.14. The zero-order valence-electron chi connectivity index (χ0n) is 22.6. The molecule has 1 aromatic carbocycles. The lowest BCUT2D eigenvalue weighted by Crippen LogP contribution is -2.46. The lowest BCUT2D eigenvalue weighted by atomic mass is 9.63. The smallest absolute Gasteiger partial charge is 0.220 e. The van der Waals surface area contributed by atoms with Crippen LogP contribution in [0.15, 0.2) is 23.6 Å². The maximum absolute atomic E-state index is 11.8. The van der Waals surface area contributed by atoms with Crippen LogP contribution in [0.1, 0.15) is 84.8 Å². The zero-order valence-corrected chi connectivity index (χ0v) is 23.4. The van der Waals surface area contributed by atoms with Crippen molar-refractivity contribution >= 4 is 22.4 Å². The third kappa shape index (κ3) is 6.26. The van der Waals surface area contributed by atoms with Gasteiger partial charge in [-0.1, -0.05) is 39.8 Å². The van der Waals surface area contributed by atoms with Crippen molar-refractivity contribution in [3.8, 4) is 11.3 Å². The Hall–Kier alpha value is -1.92. The van der Waals surface area contributed by atoms with Crippen molar-refractivity contribution in [2.45, 2.75) is 90.5 Å². The number of rotatable bonds is 8. The Labute approximate surface area is 216 Å². The van der Waals surface area contributed by atoms with Gasteiger partial charge in [-0.3, -0.25) is 9.69 Å². The minimum absolute atomic E-state index is 0.176. The average Bonchev–Trinajstić information content (AvgIpc) is 3.30. The fourth-order valence-corrected chi connectivity index (χ4v) is 6.36. The molecular formula is C29H44N4OS. The fraction of sp³-hybridized carbons (Fsp3) is 0.655. The van der Waals surface area contributed by atoms with Gasteiger partial charge in [0.25, 0.3) is 0 Å². The molecule has 0 bridgehead atoms. The zero-order chi connectivity index (χ0) is 25.2. The number of thiazole rings is 1. The summed E-state index contributed by atoms with van der Waals surface area (Å²) in [6.07, 6.45) is 5.15. The Morgan fingerprint density at radius 3 is 2.40 bits per heavy atom. The predicted octanol–water partition coefficient (Wildman–Crippen LogP) is 5.98. The Bertz CT molecular complexity index is 1020. The number of carbonyl (C=O) groups excluding carboxylic acids is 1. The summed E-state index contributed by atoms with van der Waals surface area (Å²) in [5.41, 5.74) is 5.82. The van der Waals surface area contributed by atoms with E-state index in [0.717, 1.165) is 56.4 Å². The van der Waals surface area contributed by atoms with Crippen LogP contribution in [-0.2, 0) is 15.6 Å². The summed E-state index contributed by atoms with van der Waals surface area (Å²) in [7, 11) is 0. The summed E-state index contributed by atoms with van der Waals surface area (Å²) in [5, 5.41) is 6.35. The maximum Gasteiger partial charge on any atom is 0.220 e. The van der Waals surface area contributed by atoms with Crippen molar-refractivity contribution in [2.24, 2.45) is 0 Å². The van der Waals surface area contributed by atoms with E-state index in [1.165, 1.54) is 29.5 Å². The van der Waals surface area contributed by atoms with Gasteiger partial charge in [0.2, 0.25) is 5.91 Å². The number of unbranched alkanes of at least 4 members (excludes halogenated alkanes) is 1. The molecule has 1 aliphatic heterocycles. The van der Waals surface area contributed by atoms with Crippen molar-refractivity contribution in [2.75, 3.05) is 37.6 Å². The first kappa shape index (κ1) is 26.2. The molecule has 2 aliphatic rings. The van der Waals surface area contributed by atoms with E-state index in [1.54, 1.807) is 11.3 Å². The second-order valence-electron chi connectivity index (χ2n) is 12.1. The second-order valence-corrected chi connectivity index (χ2v) is 12.9. The topological polar surface area (TPSA) is 48.5 Å². The summed E-state index contributed by atoms with van der Waals surface area (Å²) in [6, 6.07) is 7.28. The number of nitrogens with one attached hydrogen (secondary N) is 1. The van der Waals surface area contributed by atoms with Crippen LogP contribution in [0.3, 0.4) is 0 Å². The number of hydrogen-bond donors (Lipinski definition) is 1. The largest absolute Gasteiger partial charge is 0.354 e. The van der Waals surface area contributed by atoms with E-state index in [-0.39, 0.29) is 22.8 Å². The summed E-state index contributed by atoms with van der Waals surface area (Å²) >= 11 is 1.77. The minimum Gasteiger partial charge on any atom is -0.354 e. The number of aromatic nitrogens is 1. The number of carbonyl (C=O) groups is 1. The number of amides is 1. The Balaban J connectivity index is 1.31. The van der Waals surface area contributed by atoms with E-state index in [1.807, 2.05) is 13.8 Å². The molecule has 192 valence electrons. The van der Waals surface area contributed by atoms with E-state index in [4.69, 9.17) is 4.98 Å². The van der Waals surface area contributed by atoms with Crippen LogP contribution in [0, 0.1) is 0 Å². The van der Waals surface area contributed by atoms with Crippen molar-refractivity contribution in [1.82, 2.24) is 15.2 Å². The first-order valence-corrected chi connectivity index (χ1v) is 14.3. The van der Waals surface area contributed by atoms with Gasteiger partial charge < -0.3 is 10.2 Å². The van der Waals surface area contributed by atoms with Gasteiger partial charge in [0.15, 0.2) is 5.13 Å². The van der Waals surface area contributed by atoms with Gasteiger partial charge in [0, 0.05) is 49.6 Å². The Morgan fingerprint density at radius 1 is 1.03 bits per heavy atom. The molecule has 1 N–H and O–H groups in total. The molecule has 1 saturated heterocycles. The molecule has 2 aromatic rings. The number of piperazine rings is 1. The SMILES string of the molecule is CC(C)NC(=O)CCCCN1CCN(c2nc(-c3ccc4c(c3)C(C)(C)CCC4(C)C)cs2)CC1. The van der Waals surface area contributed by atoms with Crippen molar-refractivity contribution in [1.29, 1.82) is 0 Å². The average molecular weight is 497 g/mol. The first-order valence-electron chi connectivity index (χ1n) is 13.4. The summed E-state index contributed by atoms with van der Waals surface area (Å²) in [4.78, 5) is 21.8. The highest BCUT2D eigenvalue weighted by Gasteiger charge is 2.37. The lowest BCUT2D eigenvalue weighted by molar-refractivity contribution is -0.121. The van der Waals surface area contributed by atoms with Gasteiger partial charge in [-0.05, 0) is 74.1 Å². The molecule has 0 saturated carbocycles. The molecule has 0 atom stereocenters. The second kappa shape index (κ2) is 10.6. The van der Waals surface area contributed by atoms with Gasteiger partial charge in [-0.15, -0.1) is 11.3 Å². The molecule has 2 heterocycles. The molecule has 5 nitrogen and oxygen atoms in total. The van der Waals surface area contributed by atoms with Gasteiger partial charge >= 0.3 is 0 Å². The van der Waals surface area contributed by atoms with Crippen LogP contribution >= 0.6 is 11.3 Å². The van der Waals surface area contributed by atoms with E-state index < -0.39 is 0 Å². The Morgan fingerprint density at radius 2 is 1.71 bits per heavy atom. The molecule has 1 fully saturated rings. The standard InChI is InChI=1S/C29H44N4OS/c1-21(2)30-26(34)9-7-8-14-32-15-17-33(18-16-32)27-31-25(20-35-27)22-10-11-23-24(19-22)29(5,6)13-12-28(23,3)4/h10-11,19-21H,7-9,12-18H2,1-6H3,(H,30,34). The Kier molecular flexibility index (Phi) is 7.92. The van der Waals surface area contributed by atoms with Gasteiger partial charge in [-0.25, -0.2) is 4.98 Å². The molecule has 1 aliphatic carbocycles. The van der Waals surface area contributed by atoms with Crippen molar-refractivity contribution in [3.63, 3.8) is 0 Å². The molecule has 0 unspecified atom stereocenters. The summed E-state index contributed by atoms with van der Waals surface area (Å²) < 4.78 is 0. The number of fused-ring (bicyclic) bond motifs is 1. The minimum atomic E-state index is 0.176. The van der Waals surface area contributed by atoms with E-state index in [9.17, 15) is 4.79 Å². The molecule has 4 rings (SSSR count). The molecule has 1 aromatic heterocycles. The molecule has 6 heteroatoms. The monoisotopic (exact) mass is 496 g/mol. The van der Waals surface area contributed by atoms with Crippen molar-refractivity contribution < 1.29 is 4.79 Å². The molecule has 1 amide bonds. The van der Waals surface area contributed by atoms with Crippen LogP contribution in [0.25, 0.3) is 11.3 Å². The highest BCUT2D eigenvalue weighted by atomic mass is 32.1. The summed E-state index contributed by atoms with van der Waals surface area (Å²) in [6.45, 7) is 18.8. The first-order chi connectivity index (χ1) is 16.5. The number of benzene rings is 1. The van der Waals surface area contributed by atoms with Crippen LogP contribution in [-0.4, -0.2) is 54.6 Å². The third-order valence-corrected chi connectivity index (χ3v) is 8.76. The van der Waals surface area contributed by atoms with Gasteiger partial charge in [-0.2, -0.15) is 0 Å². The third-order valence-electron chi connectivity index (χ3n) is 7.86. The number of hydrogen-bond acceptors (Lipinski definition) is 5. The molecule has 0 spiro atoms. The molecular weight excluding hydrogens is 452 g/mol. The normalized spacial score (nSPS) is 19.6. The van der Waals surface area contributed by atoms with Gasteiger partial charge in [0.1, 0.15) is 0 Å². The molecule has 35 heavy (non-hydrogen) atoms. The van der Waals surface area contributed by atoms with Crippen LogP contribution in [0.4, 0.5) is 5.13 Å². The predicted molar refractivity (Wildman–Crippen MR) is 149 cm³/mol. The lowest BCUT2D eigenvalue weighted by Gasteiger charge is -2.42. The van der Waals surface area contributed by atoms with E-state index in [2.05, 4.69) is 66.4 Å². The fourth-order valence-electron chi connectivity index (χ4n) is 5.47. The summed E-state index contributed by atoms with van der Waals surface area (Å²) in [5.74, 6) is 0.176. The van der Waals surface area contributed by atoms with E-state index >= 15 is 0 Å². The van der Waals surface area contributed by atoms with Crippen LogP contribution in [0.2, 0.25) is 0 Å².